The molecule has 0 amide bonds. The third kappa shape index (κ3) is 3.83. The number of rotatable bonds is 5. The van der Waals surface area contributed by atoms with Crippen LogP contribution in [0.3, 0.4) is 0 Å². The predicted octanol–water partition coefficient (Wildman–Crippen LogP) is 3.30. The highest BCUT2D eigenvalue weighted by Crippen LogP contribution is 2.28. The third-order valence-corrected chi connectivity index (χ3v) is 6.12. The molecule has 0 spiro atoms. The van der Waals surface area contributed by atoms with Crippen LogP contribution in [-0.4, -0.2) is 56.9 Å². The molecule has 1 saturated heterocycles. The van der Waals surface area contributed by atoms with Crippen LogP contribution in [0.25, 0.3) is 23.0 Å². The monoisotopic (exact) mass is 440 g/mol. The van der Waals surface area contributed by atoms with Gasteiger partial charge in [0.05, 0.1) is 30.7 Å². The molecule has 0 radical (unpaired) electrons. The number of benzene rings is 1. The summed E-state index contributed by atoms with van der Waals surface area (Å²) in [6, 6.07) is 10.4. The number of allylic oxidation sites excluding steroid dienone is 1. The predicted molar refractivity (Wildman–Crippen MR) is 128 cm³/mol. The van der Waals surface area contributed by atoms with Crippen molar-refractivity contribution < 1.29 is 9.84 Å². The summed E-state index contributed by atoms with van der Waals surface area (Å²) >= 11 is 0. The van der Waals surface area contributed by atoms with Gasteiger partial charge in [0.25, 0.3) is 0 Å². The number of nitrogens with one attached hydrogen (secondary N) is 1. The molecule has 6 rings (SSSR count). The van der Waals surface area contributed by atoms with Gasteiger partial charge in [0, 0.05) is 54.8 Å². The first-order valence-electron chi connectivity index (χ1n) is 11.1. The smallest absolute Gasteiger partial charge is 0.180 e. The number of aliphatic hydroxyl groups excluding tert-OH is 1. The van der Waals surface area contributed by atoms with Crippen LogP contribution in [0.5, 0.6) is 0 Å². The molecule has 2 aliphatic rings. The number of anilines is 3. The molecule has 0 saturated carbocycles. The van der Waals surface area contributed by atoms with Crippen LogP contribution < -0.4 is 10.2 Å². The van der Waals surface area contributed by atoms with Crippen LogP contribution >= 0.6 is 0 Å². The highest BCUT2D eigenvalue weighted by atomic mass is 16.5. The standard InChI is InChI=1S/C25H24N6O2/c32-16-21-14-30(10-11-33-21)20-6-4-19(5-7-20)28-24-25-26-8-9-31(25)15-23(29-24)18-12-17-2-1-3-22(17)27-13-18/h1,3-9,12-13,15,21,32H,2,10-11,14,16H2,(H,28,29)/t21-/m1/s1. The highest BCUT2D eigenvalue weighted by Gasteiger charge is 2.20. The number of aliphatic hydroxyl groups is 1. The molecule has 1 aliphatic heterocycles. The first-order chi connectivity index (χ1) is 16.3. The molecule has 33 heavy (non-hydrogen) atoms. The van der Waals surface area contributed by atoms with Gasteiger partial charge in [-0.1, -0.05) is 6.08 Å². The summed E-state index contributed by atoms with van der Waals surface area (Å²) in [5.74, 6) is 0.690. The zero-order valence-electron chi connectivity index (χ0n) is 18.1. The second-order valence-corrected chi connectivity index (χ2v) is 8.30. The van der Waals surface area contributed by atoms with Gasteiger partial charge >= 0.3 is 0 Å². The number of ether oxygens (including phenoxy) is 1. The Hall–Kier alpha value is -3.75. The number of pyridine rings is 1. The van der Waals surface area contributed by atoms with E-state index in [0.717, 1.165) is 46.9 Å². The maximum atomic E-state index is 9.40. The maximum Gasteiger partial charge on any atom is 0.180 e. The van der Waals surface area contributed by atoms with E-state index in [4.69, 9.17) is 9.72 Å². The van der Waals surface area contributed by atoms with E-state index in [1.807, 2.05) is 35.1 Å². The number of hydrogen-bond donors (Lipinski definition) is 2. The highest BCUT2D eigenvalue weighted by molar-refractivity contribution is 5.75. The van der Waals surface area contributed by atoms with Crippen LogP contribution in [0.15, 0.2) is 61.2 Å². The van der Waals surface area contributed by atoms with E-state index in [0.29, 0.717) is 19.0 Å². The molecular formula is C25H24N6O2. The van der Waals surface area contributed by atoms with E-state index in [9.17, 15) is 5.11 Å². The lowest BCUT2D eigenvalue weighted by Crippen LogP contribution is -2.44. The van der Waals surface area contributed by atoms with Gasteiger partial charge in [-0.2, -0.15) is 0 Å². The Labute approximate surface area is 191 Å². The van der Waals surface area contributed by atoms with Crippen molar-refractivity contribution in [3.8, 4) is 11.3 Å². The molecule has 3 aromatic heterocycles. The lowest BCUT2D eigenvalue weighted by atomic mass is 10.1. The van der Waals surface area contributed by atoms with Crippen molar-refractivity contribution in [2.45, 2.75) is 12.5 Å². The van der Waals surface area contributed by atoms with Gasteiger partial charge in [0.2, 0.25) is 0 Å². The van der Waals surface area contributed by atoms with Crippen LogP contribution in [0, 0.1) is 0 Å². The van der Waals surface area contributed by atoms with Gasteiger partial charge in [-0.25, -0.2) is 9.97 Å². The van der Waals surface area contributed by atoms with Crippen molar-refractivity contribution in [3.05, 3.63) is 72.5 Å². The zero-order valence-corrected chi connectivity index (χ0v) is 18.1. The summed E-state index contributed by atoms with van der Waals surface area (Å²) in [4.78, 5) is 16.2. The molecule has 1 fully saturated rings. The Kier molecular flexibility index (Phi) is 5.01. The average molecular weight is 441 g/mol. The fourth-order valence-electron chi connectivity index (χ4n) is 4.38. The zero-order chi connectivity index (χ0) is 22.2. The summed E-state index contributed by atoms with van der Waals surface area (Å²) in [6.45, 7) is 2.15. The molecule has 8 nitrogen and oxygen atoms in total. The second kappa shape index (κ2) is 8.31. The quantitative estimate of drug-likeness (QED) is 0.492. The topological polar surface area (TPSA) is 87.8 Å². The summed E-state index contributed by atoms with van der Waals surface area (Å²) in [5.41, 5.74) is 6.87. The Morgan fingerprint density at radius 1 is 1.18 bits per heavy atom. The first-order valence-corrected chi connectivity index (χ1v) is 11.1. The first kappa shape index (κ1) is 19.9. The summed E-state index contributed by atoms with van der Waals surface area (Å²) < 4.78 is 7.54. The molecule has 1 aliphatic carbocycles. The maximum absolute atomic E-state index is 9.40. The van der Waals surface area contributed by atoms with E-state index in [2.05, 4.69) is 50.5 Å². The molecule has 0 bridgehead atoms. The third-order valence-electron chi connectivity index (χ3n) is 6.12. The second-order valence-electron chi connectivity index (χ2n) is 8.30. The van der Waals surface area contributed by atoms with E-state index in [1.165, 1.54) is 5.56 Å². The Morgan fingerprint density at radius 2 is 2.09 bits per heavy atom. The number of imidazole rings is 1. The minimum atomic E-state index is -0.137. The summed E-state index contributed by atoms with van der Waals surface area (Å²) in [5, 5.41) is 12.8. The number of nitrogens with zero attached hydrogens (tertiary/aromatic N) is 5. The van der Waals surface area contributed by atoms with Crippen molar-refractivity contribution >= 4 is 28.9 Å². The fraction of sp³-hybridized carbons (Fsp3) is 0.240. The normalized spacial score (nSPS) is 17.5. The fourth-order valence-corrected chi connectivity index (χ4v) is 4.38. The Bertz CT molecular complexity index is 1330. The molecule has 166 valence electrons. The van der Waals surface area contributed by atoms with Crippen molar-refractivity contribution in [1.82, 2.24) is 19.4 Å². The molecule has 4 aromatic rings. The molecular weight excluding hydrogens is 416 g/mol. The minimum absolute atomic E-state index is 0.0364. The van der Waals surface area contributed by atoms with Crippen molar-refractivity contribution in [3.63, 3.8) is 0 Å². The molecule has 1 atom stereocenters. The molecule has 4 heterocycles. The molecule has 8 heteroatoms. The lowest BCUT2D eigenvalue weighted by Gasteiger charge is -2.33. The van der Waals surface area contributed by atoms with E-state index in [-0.39, 0.29) is 12.7 Å². The number of fused-ring (bicyclic) bond motifs is 2. The van der Waals surface area contributed by atoms with Gasteiger partial charge in [0.15, 0.2) is 11.5 Å². The SMILES string of the molecule is OC[C@H]1CN(c2ccc(Nc3nc(-c4cnc5c(c4)CC=C5)cn4ccnc34)cc2)CCO1. The average Bonchev–Trinajstić information content (AvgIpc) is 3.53. The number of morpholine rings is 1. The van der Waals surface area contributed by atoms with Crippen LogP contribution in [0.1, 0.15) is 11.3 Å². The van der Waals surface area contributed by atoms with Gasteiger partial charge in [-0.3, -0.25) is 4.98 Å². The largest absolute Gasteiger partial charge is 0.394 e. The minimum Gasteiger partial charge on any atom is -0.394 e. The molecule has 2 N–H and O–H groups in total. The van der Waals surface area contributed by atoms with E-state index in [1.54, 1.807) is 6.20 Å². The van der Waals surface area contributed by atoms with Crippen LogP contribution in [0.2, 0.25) is 0 Å². The Balaban J connectivity index is 1.28. The van der Waals surface area contributed by atoms with Gasteiger partial charge in [-0.05, 0) is 48.4 Å². The summed E-state index contributed by atoms with van der Waals surface area (Å²) in [6.07, 6.45) is 12.5. The van der Waals surface area contributed by atoms with Crippen LogP contribution in [0.4, 0.5) is 17.2 Å². The lowest BCUT2D eigenvalue weighted by molar-refractivity contribution is 0.00357. The van der Waals surface area contributed by atoms with Crippen molar-refractivity contribution in [2.75, 3.05) is 36.5 Å². The van der Waals surface area contributed by atoms with Gasteiger partial charge in [0.1, 0.15) is 0 Å². The number of aromatic nitrogens is 4. The van der Waals surface area contributed by atoms with Gasteiger partial charge in [-0.15, -0.1) is 0 Å². The van der Waals surface area contributed by atoms with Crippen LogP contribution in [-0.2, 0) is 11.2 Å². The van der Waals surface area contributed by atoms with E-state index < -0.39 is 0 Å². The summed E-state index contributed by atoms with van der Waals surface area (Å²) in [7, 11) is 0. The van der Waals surface area contributed by atoms with Crippen molar-refractivity contribution in [2.24, 2.45) is 0 Å². The molecule has 1 aromatic carbocycles. The number of hydrogen-bond acceptors (Lipinski definition) is 7. The van der Waals surface area contributed by atoms with E-state index >= 15 is 0 Å². The van der Waals surface area contributed by atoms with Gasteiger partial charge < -0.3 is 24.5 Å². The Morgan fingerprint density at radius 3 is 2.97 bits per heavy atom. The van der Waals surface area contributed by atoms with Crippen molar-refractivity contribution in [1.29, 1.82) is 0 Å². The molecule has 0 unspecified atom stereocenters.